The van der Waals surface area contributed by atoms with Gasteiger partial charge in [-0.15, -0.1) is 0 Å². The van der Waals surface area contributed by atoms with Gasteiger partial charge in [-0.05, 0) is 42.3 Å². The lowest BCUT2D eigenvalue weighted by Gasteiger charge is -2.29. The molecule has 0 spiro atoms. The zero-order valence-electron chi connectivity index (χ0n) is 11.6. The van der Waals surface area contributed by atoms with E-state index in [9.17, 15) is 0 Å². The van der Waals surface area contributed by atoms with Crippen molar-refractivity contribution in [3.8, 4) is 0 Å². The first-order valence-corrected chi connectivity index (χ1v) is 7.67. The molecule has 0 heterocycles. The third-order valence-corrected chi connectivity index (χ3v) is 4.33. The van der Waals surface area contributed by atoms with Crippen molar-refractivity contribution in [3.05, 3.63) is 63.1 Å². The predicted molar refractivity (Wildman–Crippen MR) is 90.3 cm³/mol. The molecule has 20 heavy (non-hydrogen) atoms. The van der Waals surface area contributed by atoms with Crippen LogP contribution in [0, 0.1) is 0 Å². The van der Waals surface area contributed by atoms with E-state index in [0.29, 0.717) is 6.54 Å². The molecule has 0 aromatic heterocycles. The van der Waals surface area contributed by atoms with Crippen molar-refractivity contribution in [1.82, 2.24) is 0 Å². The summed E-state index contributed by atoms with van der Waals surface area (Å²) in [7, 11) is 2.08. The maximum atomic E-state index is 5.95. The quantitative estimate of drug-likeness (QED) is 0.858. The van der Waals surface area contributed by atoms with Gasteiger partial charge in [0.05, 0.1) is 6.04 Å². The Kier molecular flexibility index (Phi) is 5.08. The number of nitrogens with zero attached hydrogens (tertiary/aromatic N) is 1. The Morgan fingerprint density at radius 3 is 2.45 bits per heavy atom. The summed E-state index contributed by atoms with van der Waals surface area (Å²) in [4.78, 5) is 2.23. The second kappa shape index (κ2) is 6.61. The van der Waals surface area contributed by atoms with Gasteiger partial charge >= 0.3 is 0 Å². The normalized spacial score (nSPS) is 12.2. The van der Waals surface area contributed by atoms with E-state index in [0.717, 1.165) is 20.7 Å². The topological polar surface area (TPSA) is 29.3 Å². The molecule has 0 saturated carbocycles. The van der Waals surface area contributed by atoms with Crippen LogP contribution in [0.1, 0.15) is 24.1 Å². The van der Waals surface area contributed by atoms with Crippen molar-refractivity contribution < 1.29 is 0 Å². The minimum absolute atomic E-state index is 0.242. The van der Waals surface area contributed by atoms with Crippen molar-refractivity contribution in [2.45, 2.75) is 19.5 Å². The molecule has 2 N–H and O–H groups in total. The molecule has 1 atom stereocenters. The highest BCUT2D eigenvalue weighted by molar-refractivity contribution is 9.10. The molecule has 4 heteroatoms. The summed E-state index contributed by atoms with van der Waals surface area (Å²) >= 11 is 9.47. The largest absolute Gasteiger partial charge is 0.368 e. The predicted octanol–water partition coefficient (Wildman–Crippen LogP) is 4.76. The lowest BCUT2D eigenvalue weighted by Crippen LogP contribution is -2.23. The minimum Gasteiger partial charge on any atom is -0.368 e. The number of anilines is 1. The molecule has 0 fully saturated rings. The molecule has 2 rings (SSSR count). The Morgan fingerprint density at radius 1 is 1.20 bits per heavy atom. The molecule has 0 radical (unpaired) electrons. The standard InChI is InChI=1S/C16H18BrClN2/c1-11(12-4-7-15(18)8-5-12)20(2)16-9-14(17)6-3-13(16)10-19/h3-9,11H,10,19H2,1-2H3. The van der Waals surface area contributed by atoms with Crippen molar-refractivity contribution in [1.29, 1.82) is 0 Å². The monoisotopic (exact) mass is 352 g/mol. The lowest BCUT2D eigenvalue weighted by molar-refractivity contribution is 0.734. The van der Waals surface area contributed by atoms with Crippen LogP contribution in [0.3, 0.4) is 0 Å². The number of hydrogen-bond donors (Lipinski definition) is 1. The van der Waals surface area contributed by atoms with Gasteiger partial charge in [-0.2, -0.15) is 0 Å². The fourth-order valence-electron chi connectivity index (χ4n) is 2.21. The SMILES string of the molecule is CC(c1ccc(Cl)cc1)N(C)c1cc(Br)ccc1CN. The Hall–Kier alpha value is -1.03. The molecule has 2 nitrogen and oxygen atoms in total. The van der Waals surface area contributed by atoms with Crippen LogP contribution < -0.4 is 10.6 Å². The summed E-state index contributed by atoms with van der Waals surface area (Å²) in [6, 6.07) is 14.4. The van der Waals surface area contributed by atoms with E-state index >= 15 is 0 Å². The van der Waals surface area contributed by atoms with Gasteiger partial charge in [-0.25, -0.2) is 0 Å². The van der Waals surface area contributed by atoms with Gasteiger partial charge in [0.1, 0.15) is 0 Å². The molecule has 0 aliphatic rings. The number of nitrogens with two attached hydrogens (primary N) is 1. The summed E-state index contributed by atoms with van der Waals surface area (Å²) in [5.41, 5.74) is 9.34. The average Bonchev–Trinajstić information content (AvgIpc) is 2.46. The smallest absolute Gasteiger partial charge is 0.0511 e. The van der Waals surface area contributed by atoms with Crippen LogP contribution in [0.5, 0.6) is 0 Å². The zero-order chi connectivity index (χ0) is 14.7. The number of benzene rings is 2. The second-order valence-corrected chi connectivity index (χ2v) is 6.17. The van der Waals surface area contributed by atoms with Crippen LogP contribution in [0.15, 0.2) is 46.9 Å². The van der Waals surface area contributed by atoms with E-state index in [1.807, 2.05) is 18.2 Å². The molecular formula is C16H18BrClN2. The van der Waals surface area contributed by atoms with E-state index in [-0.39, 0.29) is 6.04 Å². The van der Waals surface area contributed by atoms with Gasteiger partial charge < -0.3 is 10.6 Å². The Labute approximate surface area is 133 Å². The summed E-state index contributed by atoms with van der Waals surface area (Å²) < 4.78 is 1.06. The van der Waals surface area contributed by atoms with Gasteiger partial charge in [0.2, 0.25) is 0 Å². The minimum atomic E-state index is 0.242. The third-order valence-electron chi connectivity index (χ3n) is 3.58. The fraction of sp³-hybridized carbons (Fsp3) is 0.250. The molecule has 0 aliphatic carbocycles. The number of halogens is 2. The van der Waals surface area contributed by atoms with Crippen LogP contribution in [-0.2, 0) is 6.54 Å². The van der Waals surface area contributed by atoms with Crippen LogP contribution >= 0.6 is 27.5 Å². The van der Waals surface area contributed by atoms with Gasteiger partial charge in [0.25, 0.3) is 0 Å². The van der Waals surface area contributed by atoms with Crippen LogP contribution in [-0.4, -0.2) is 7.05 Å². The summed E-state index contributed by atoms with van der Waals surface area (Å²) in [5, 5.41) is 0.758. The highest BCUT2D eigenvalue weighted by Gasteiger charge is 2.15. The lowest BCUT2D eigenvalue weighted by atomic mass is 10.1. The Balaban J connectivity index is 2.32. The number of hydrogen-bond acceptors (Lipinski definition) is 2. The van der Waals surface area contributed by atoms with Crippen LogP contribution in [0.25, 0.3) is 0 Å². The maximum absolute atomic E-state index is 5.95. The molecule has 0 aliphatic heterocycles. The highest BCUT2D eigenvalue weighted by atomic mass is 79.9. The molecule has 1 unspecified atom stereocenters. The molecule has 0 bridgehead atoms. The van der Waals surface area contributed by atoms with Crippen molar-refractivity contribution in [3.63, 3.8) is 0 Å². The van der Waals surface area contributed by atoms with E-state index in [4.69, 9.17) is 17.3 Å². The average molecular weight is 354 g/mol. The van der Waals surface area contributed by atoms with E-state index in [1.165, 1.54) is 5.56 Å². The van der Waals surface area contributed by atoms with Gasteiger partial charge in [-0.1, -0.05) is 45.7 Å². The molecule has 106 valence electrons. The van der Waals surface area contributed by atoms with E-state index < -0.39 is 0 Å². The maximum Gasteiger partial charge on any atom is 0.0511 e. The Morgan fingerprint density at radius 2 is 1.85 bits per heavy atom. The second-order valence-electron chi connectivity index (χ2n) is 4.82. The zero-order valence-corrected chi connectivity index (χ0v) is 13.9. The molecule has 2 aromatic carbocycles. The van der Waals surface area contributed by atoms with E-state index in [2.05, 4.69) is 59.1 Å². The molecule has 0 amide bonds. The fourth-order valence-corrected chi connectivity index (χ4v) is 2.69. The van der Waals surface area contributed by atoms with E-state index in [1.54, 1.807) is 0 Å². The van der Waals surface area contributed by atoms with Crippen LogP contribution in [0.2, 0.25) is 5.02 Å². The van der Waals surface area contributed by atoms with Gasteiger partial charge in [-0.3, -0.25) is 0 Å². The summed E-state index contributed by atoms with van der Waals surface area (Å²) in [5.74, 6) is 0. The van der Waals surface area contributed by atoms with Gasteiger partial charge in [0.15, 0.2) is 0 Å². The first-order valence-electron chi connectivity index (χ1n) is 6.49. The first-order chi connectivity index (χ1) is 9.52. The highest BCUT2D eigenvalue weighted by Crippen LogP contribution is 2.31. The molecule has 0 saturated heterocycles. The van der Waals surface area contributed by atoms with Gasteiger partial charge in [0, 0.05) is 28.8 Å². The summed E-state index contributed by atoms with van der Waals surface area (Å²) in [6.07, 6.45) is 0. The van der Waals surface area contributed by atoms with Crippen molar-refractivity contribution >= 4 is 33.2 Å². The third kappa shape index (κ3) is 3.35. The molecular weight excluding hydrogens is 336 g/mol. The van der Waals surface area contributed by atoms with Crippen LogP contribution in [0.4, 0.5) is 5.69 Å². The summed E-state index contributed by atoms with van der Waals surface area (Å²) in [6.45, 7) is 2.70. The molecule has 2 aromatic rings. The Bertz CT molecular complexity index is 584. The first kappa shape index (κ1) is 15.4. The van der Waals surface area contributed by atoms with Crippen molar-refractivity contribution in [2.24, 2.45) is 5.73 Å². The number of rotatable bonds is 4. The van der Waals surface area contributed by atoms with Crippen molar-refractivity contribution in [2.75, 3.05) is 11.9 Å².